The summed E-state index contributed by atoms with van der Waals surface area (Å²) in [7, 11) is -3.93. The quantitative estimate of drug-likeness (QED) is 0.268. The number of hydrogen-bond acceptors (Lipinski definition) is 3. The van der Waals surface area contributed by atoms with Gasteiger partial charge in [-0.2, -0.15) is 4.31 Å². The van der Waals surface area contributed by atoms with Gasteiger partial charge in [-0.05, 0) is 41.0 Å². The predicted molar refractivity (Wildman–Crippen MR) is 143 cm³/mol. The third-order valence-electron chi connectivity index (χ3n) is 5.75. The zero-order valence-corrected chi connectivity index (χ0v) is 21.3. The molecular weight excluding hydrogens is 492 g/mol. The first-order chi connectivity index (χ1) is 17.4. The molecule has 0 aromatic heterocycles. The van der Waals surface area contributed by atoms with Crippen molar-refractivity contribution < 1.29 is 13.2 Å². The van der Waals surface area contributed by atoms with Crippen LogP contribution in [-0.4, -0.2) is 30.1 Å². The average molecular weight is 519 g/mol. The van der Waals surface area contributed by atoms with Crippen molar-refractivity contribution in [3.8, 4) is 0 Å². The maximum absolute atomic E-state index is 13.7. The van der Waals surface area contributed by atoms with Crippen molar-refractivity contribution in [2.75, 3.05) is 6.54 Å². The minimum absolute atomic E-state index is 0.0463. The SMILES string of the molecule is O=C(CN(Cc1ccc(Cl)cc1)S(=O)(=O)c1ccccc1)N(Cc1ccccc1)Cc1ccccc1. The Kier molecular flexibility index (Phi) is 8.54. The number of rotatable bonds is 10. The van der Waals surface area contributed by atoms with Crippen molar-refractivity contribution in [1.29, 1.82) is 0 Å². The van der Waals surface area contributed by atoms with Gasteiger partial charge in [-0.3, -0.25) is 4.79 Å². The normalized spacial score (nSPS) is 11.4. The van der Waals surface area contributed by atoms with Gasteiger partial charge in [0.25, 0.3) is 0 Å². The second-order valence-corrected chi connectivity index (χ2v) is 10.8. The zero-order chi connectivity index (χ0) is 25.4. The number of carbonyl (C=O) groups is 1. The van der Waals surface area contributed by atoms with Crippen LogP contribution in [0.3, 0.4) is 0 Å². The van der Waals surface area contributed by atoms with Crippen molar-refractivity contribution in [2.45, 2.75) is 24.5 Å². The highest BCUT2D eigenvalue weighted by molar-refractivity contribution is 7.89. The highest BCUT2D eigenvalue weighted by atomic mass is 35.5. The van der Waals surface area contributed by atoms with E-state index in [0.29, 0.717) is 18.1 Å². The minimum atomic E-state index is -3.93. The summed E-state index contributed by atoms with van der Waals surface area (Å²) in [5.41, 5.74) is 2.68. The molecular formula is C29H27ClN2O3S. The topological polar surface area (TPSA) is 57.7 Å². The van der Waals surface area contributed by atoms with Gasteiger partial charge in [0.05, 0.1) is 11.4 Å². The van der Waals surface area contributed by atoms with Crippen molar-refractivity contribution >= 4 is 27.5 Å². The van der Waals surface area contributed by atoms with Crippen LogP contribution in [0.25, 0.3) is 0 Å². The van der Waals surface area contributed by atoms with Crippen molar-refractivity contribution in [3.05, 3.63) is 137 Å². The molecule has 0 radical (unpaired) electrons. The molecule has 1 amide bonds. The van der Waals surface area contributed by atoms with Crippen LogP contribution in [0, 0.1) is 0 Å². The first kappa shape index (κ1) is 25.6. The van der Waals surface area contributed by atoms with Crippen molar-refractivity contribution in [3.63, 3.8) is 0 Å². The fourth-order valence-electron chi connectivity index (χ4n) is 3.85. The summed E-state index contributed by atoms with van der Waals surface area (Å²) in [5.74, 6) is -0.281. The van der Waals surface area contributed by atoms with Gasteiger partial charge >= 0.3 is 0 Å². The molecule has 0 aliphatic rings. The van der Waals surface area contributed by atoms with Crippen LogP contribution in [0.2, 0.25) is 5.02 Å². The average Bonchev–Trinajstić information content (AvgIpc) is 2.91. The number of benzene rings is 4. The van der Waals surface area contributed by atoms with Crippen LogP contribution < -0.4 is 0 Å². The van der Waals surface area contributed by atoms with E-state index >= 15 is 0 Å². The Morgan fingerprint density at radius 1 is 0.611 bits per heavy atom. The standard InChI is InChI=1S/C29H27ClN2O3S/c30-27-18-16-26(17-19-27)22-32(36(34,35)28-14-8-3-9-15-28)23-29(33)31(20-24-10-4-1-5-11-24)21-25-12-6-2-7-13-25/h1-19H,20-23H2. The fraction of sp³-hybridized carbons (Fsp3) is 0.138. The number of carbonyl (C=O) groups excluding carboxylic acids is 1. The Hall–Kier alpha value is -3.45. The molecule has 0 spiro atoms. The highest BCUT2D eigenvalue weighted by Gasteiger charge is 2.29. The minimum Gasteiger partial charge on any atom is -0.333 e. The van der Waals surface area contributed by atoms with Crippen LogP contribution in [0.15, 0.2) is 120 Å². The second kappa shape index (κ2) is 12.0. The van der Waals surface area contributed by atoms with E-state index < -0.39 is 10.0 Å². The Balaban J connectivity index is 1.64. The number of amides is 1. The first-order valence-electron chi connectivity index (χ1n) is 11.6. The van der Waals surface area contributed by atoms with E-state index in [1.165, 1.54) is 4.31 Å². The molecule has 4 aromatic rings. The van der Waals surface area contributed by atoms with Gasteiger partial charge in [0.15, 0.2) is 0 Å². The smallest absolute Gasteiger partial charge is 0.243 e. The maximum Gasteiger partial charge on any atom is 0.243 e. The van der Waals surface area contributed by atoms with Gasteiger partial charge < -0.3 is 4.90 Å². The molecule has 5 nitrogen and oxygen atoms in total. The number of hydrogen-bond donors (Lipinski definition) is 0. The molecule has 0 fully saturated rings. The maximum atomic E-state index is 13.7. The van der Waals surface area contributed by atoms with E-state index in [4.69, 9.17) is 11.6 Å². The largest absolute Gasteiger partial charge is 0.333 e. The van der Waals surface area contributed by atoms with Crippen LogP contribution in [0.1, 0.15) is 16.7 Å². The van der Waals surface area contributed by atoms with E-state index in [2.05, 4.69) is 0 Å². The van der Waals surface area contributed by atoms with Gasteiger partial charge in [-0.25, -0.2) is 8.42 Å². The molecule has 4 aromatic carbocycles. The van der Waals surface area contributed by atoms with E-state index in [1.54, 1.807) is 59.5 Å². The lowest BCUT2D eigenvalue weighted by molar-refractivity contribution is -0.132. The molecule has 0 aliphatic heterocycles. The summed E-state index contributed by atoms with van der Waals surface area (Å²) in [6.45, 7) is 0.494. The Bertz CT molecular complexity index is 1320. The van der Waals surface area contributed by atoms with Gasteiger partial charge in [-0.15, -0.1) is 0 Å². The Labute approximate surface area is 217 Å². The summed E-state index contributed by atoms with van der Waals surface area (Å²) in [5, 5.41) is 0.559. The molecule has 0 atom stereocenters. The van der Waals surface area contributed by atoms with Gasteiger partial charge in [0.2, 0.25) is 15.9 Å². The molecule has 0 saturated heterocycles. The predicted octanol–water partition coefficient (Wildman–Crippen LogP) is 5.76. The molecule has 0 bridgehead atoms. The molecule has 4 rings (SSSR count). The lowest BCUT2D eigenvalue weighted by Crippen LogP contribution is -2.42. The van der Waals surface area contributed by atoms with Crippen LogP contribution >= 0.6 is 11.6 Å². The Morgan fingerprint density at radius 2 is 1.06 bits per heavy atom. The molecule has 0 unspecified atom stereocenters. The van der Waals surface area contributed by atoms with E-state index in [1.807, 2.05) is 60.7 Å². The van der Waals surface area contributed by atoms with Crippen LogP contribution in [0.5, 0.6) is 0 Å². The van der Waals surface area contributed by atoms with E-state index in [-0.39, 0.29) is 23.9 Å². The summed E-state index contributed by atoms with van der Waals surface area (Å²) in [6, 6.07) is 34.5. The van der Waals surface area contributed by atoms with E-state index in [9.17, 15) is 13.2 Å². The fourth-order valence-corrected chi connectivity index (χ4v) is 5.38. The van der Waals surface area contributed by atoms with Gasteiger partial charge in [0.1, 0.15) is 0 Å². The molecule has 0 aliphatic carbocycles. The molecule has 0 heterocycles. The third kappa shape index (κ3) is 6.82. The number of halogens is 1. The summed E-state index contributed by atoms with van der Waals surface area (Å²) >= 11 is 6.02. The summed E-state index contributed by atoms with van der Waals surface area (Å²) in [4.78, 5) is 15.5. The lowest BCUT2D eigenvalue weighted by atomic mass is 10.1. The summed E-state index contributed by atoms with van der Waals surface area (Å²) < 4.78 is 28.4. The van der Waals surface area contributed by atoms with Crippen molar-refractivity contribution in [2.24, 2.45) is 0 Å². The van der Waals surface area contributed by atoms with Gasteiger partial charge in [0, 0.05) is 24.7 Å². The lowest BCUT2D eigenvalue weighted by Gasteiger charge is -2.28. The third-order valence-corrected chi connectivity index (χ3v) is 7.81. The highest BCUT2D eigenvalue weighted by Crippen LogP contribution is 2.21. The van der Waals surface area contributed by atoms with Crippen molar-refractivity contribution in [1.82, 2.24) is 9.21 Å². The van der Waals surface area contributed by atoms with Crippen LogP contribution in [0.4, 0.5) is 0 Å². The Morgan fingerprint density at radius 3 is 1.56 bits per heavy atom. The zero-order valence-electron chi connectivity index (χ0n) is 19.7. The molecule has 36 heavy (non-hydrogen) atoms. The van der Waals surface area contributed by atoms with E-state index in [0.717, 1.165) is 16.7 Å². The van der Waals surface area contributed by atoms with Gasteiger partial charge in [-0.1, -0.05) is 103 Å². The second-order valence-electron chi connectivity index (χ2n) is 8.43. The molecule has 0 saturated carbocycles. The molecule has 184 valence electrons. The summed E-state index contributed by atoms with van der Waals surface area (Å²) in [6.07, 6.45) is 0. The first-order valence-corrected chi connectivity index (χ1v) is 13.4. The molecule has 7 heteroatoms. The monoisotopic (exact) mass is 518 g/mol. The molecule has 0 N–H and O–H groups in total. The number of nitrogens with zero attached hydrogens (tertiary/aromatic N) is 2. The van der Waals surface area contributed by atoms with Crippen LogP contribution in [-0.2, 0) is 34.5 Å². The number of sulfonamides is 1.